The molecule has 1 N–H and O–H groups in total. The monoisotopic (exact) mass is 276 g/mol. The van der Waals surface area contributed by atoms with Crippen molar-refractivity contribution in [2.24, 2.45) is 0 Å². The van der Waals surface area contributed by atoms with Gasteiger partial charge in [0.1, 0.15) is 5.69 Å². The molecule has 3 aromatic rings. The first-order valence-corrected chi connectivity index (χ1v) is 6.70. The van der Waals surface area contributed by atoms with Crippen LogP contribution in [0.3, 0.4) is 0 Å². The van der Waals surface area contributed by atoms with Crippen LogP contribution in [0.25, 0.3) is 16.9 Å². The van der Waals surface area contributed by atoms with Gasteiger partial charge in [-0.1, -0.05) is 35.5 Å². The molecule has 5 nitrogen and oxygen atoms in total. The molecule has 2 aromatic carbocycles. The van der Waals surface area contributed by atoms with Crippen molar-refractivity contribution in [1.82, 2.24) is 15.0 Å². The summed E-state index contributed by atoms with van der Waals surface area (Å²) in [6.07, 6.45) is 2.31. The molecule has 2 heterocycles. The summed E-state index contributed by atoms with van der Waals surface area (Å²) in [7, 11) is 0. The fraction of sp³-hybridized carbons (Fsp3) is 0.0625. The smallest absolute Gasteiger partial charge is 0.228 e. The quantitative estimate of drug-likeness (QED) is 0.782. The minimum Gasteiger partial charge on any atom is -0.326 e. The Morgan fingerprint density at radius 3 is 2.81 bits per heavy atom. The highest BCUT2D eigenvalue weighted by atomic mass is 16.1. The minimum absolute atomic E-state index is 0.0331. The Bertz CT molecular complexity index is 823. The number of hydrogen-bond donors (Lipinski definition) is 1. The predicted molar refractivity (Wildman–Crippen MR) is 79.1 cm³/mol. The van der Waals surface area contributed by atoms with Gasteiger partial charge in [0.15, 0.2) is 0 Å². The highest BCUT2D eigenvalue weighted by molar-refractivity contribution is 5.99. The van der Waals surface area contributed by atoms with E-state index in [1.807, 2.05) is 54.7 Å². The molecule has 4 rings (SSSR count). The Morgan fingerprint density at radius 1 is 1.10 bits per heavy atom. The van der Waals surface area contributed by atoms with Crippen LogP contribution < -0.4 is 5.32 Å². The average Bonchev–Trinajstić information content (AvgIpc) is 3.12. The molecule has 0 fully saturated rings. The summed E-state index contributed by atoms with van der Waals surface area (Å²) in [6.45, 7) is 0. The van der Waals surface area contributed by atoms with E-state index in [1.54, 1.807) is 4.68 Å². The first-order valence-electron chi connectivity index (χ1n) is 6.70. The van der Waals surface area contributed by atoms with Gasteiger partial charge in [-0.15, -0.1) is 5.10 Å². The molecule has 1 aliphatic rings. The van der Waals surface area contributed by atoms with Crippen LogP contribution in [0.4, 0.5) is 5.69 Å². The van der Waals surface area contributed by atoms with Crippen molar-refractivity contribution in [2.45, 2.75) is 6.42 Å². The molecule has 0 aliphatic carbocycles. The van der Waals surface area contributed by atoms with Crippen LogP contribution in [0.5, 0.6) is 0 Å². The van der Waals surface area contributed by atoms with Crippen molar-refractivity contribution < 1.29 is 4.79 Å². The number of hydrogen-bond acceptors (Lipinski definition) is 3. The molecule has 0 radical (unpaired) electrons. The number of nitrogens with zero attached hydrogens (tertiary/aromatic N) is 3. The first-order chi connectivity index (χ1) is 10.3. The SMILES string of the molecule is O=C1Cc2cc(-n3cc(-c4ccccc4)nn3)ccc2N1. The molecule has 0 bridgehead atoms. The van der Waals surface area contributed by atoms with E-state index in [-0.39, 0.29) is 5.91 Å². The maximum absolute atomic E-state index is 11.4. The first kappa shape index (κ1) is 11.8. The molecule has 0 saturated heterocycles. The highest BCUT2D eigenvalue weighted by Crippen LogP contribution is 2.25. The van der Waals surface area contributed by atoms with Crippen LogP contribution in [0, 0.1) is 0 Å². The van der Waals surface area contributed by atoms with Crippen LogP contribution in [0.15, 0.2) is 54.7 Å². The van der Waals surface area contributed by atoms with Crippen LogP contribution in [0.2, 0.25) is 0 Å². The minimum atomic E-state index is 0.0331. The summed E-state index contributed by atoms with van der Waals surface area (Å²) in [5, 5.41) is 11.2. The van der Waals surface area contributed by atoms with Gasteiger partial charge < -0.3 is 5.32 Å². The van der Waals surface area contributed by atoms with Crippen molar-refractivity contribution in [3.63, 3.8) is 0 Å². The van der Waals surface area contributed by atoms with E-state index < -0.39 is 0 Å². The summed E-state index contributed by atoms with van der Waals surface area (Å²) in [6, 6.07) is 15.7. The zero-order chi connectivity index (χ0) is 14.2. The number of fused-ring (bicyclic) bond motifs is 1. The second-order valence-electron chi connectivity index (χ2n) is 4.98. The third-order valence-electron chi connectivity index (χ3n) is 3.54. The maximum Gasteiger partial charge on any atom is 0.228 e. The number of benzene rings is 2. The number of nitrogens with one attached hydrogen (secondary N) is 1. The summed E-state index contributed by atoms with van der Waals surface area (Å²) >= 11 is 0. The summed E-state index contributed by atoms with van der Waals surface area (Å²) in [5.74, 6) is 0.0331. The molecule has 1 aromatic heterocycles. The van der Waals surface area contributed by atoms with Gasteiger partial charge in [0.25, 0.3) is 0 Å². The lowest BCUT2D eigenvalue weighted by Gasteiger charge is -2.03. The summed E-state index contributed by atoms with van der Waals surface area (Å²) in [5.41, 5.74) is 4.63. The number of amides is 1. The maximum atomic E-state index is 11.4. The van der Waals surface area contributed by atoms with Gasteiger partial charge in [-0.25, -0.2) is 4.68 Å². The third kappa shape index (κ3) is 2.08. The van der Waals surface area contributed by atoms with E-state index in [2.05, 4.69) is 15.6 Å². The van der Waals surface area contributed by atoms with Gasteiger partial charge in [-0.05, 0) is 23.8 Å². The number of rotatable bonds is 2. The van der Waals surface area contributed by atoms with Crippen molar-refractivity contribution >= 4 is 11.6 Å². The Morgan fingerprint density at radius 2 is 1.95 bits per heavy atom. The van der Waals surface area contributed by atoms with Crippen molar-refractivity contribution in [1.29, 1.82) is 0 Å². The molecule has 1 aliphatic heterocycles. The molecule has 102 valence electrons. The Kier molecular flexibility index (Phi) is 2.57. The fourth-order valence-electron chi connectivity index (χ4n) is 2.49. The lowest BCUT2D eigenvalue weighted by Crippen LogP contribution is -2.03. The van der Waals surface area contributed by atoms with Crippen LogP contribution in [-0.2, 0) is 11.2 Å². The zero-order valence-electron chi connectivity index (χ0n) is 11.2. The van der Waals surface area contributed by atoms with E-state index in [1.165, 1.54) is 0 Å². The lowest BCUT2D eigenvalue weighted by molar-refractivity contribution is -0.115. The number of carbonyl (C=O) groups is 1. The molecule has 0 saturated carbocycles. The van der Waals surface area contributed by atoms with Gasteiger partial charge in [-0.3, -0.25) is 4.79 Å². The molecular weight excluding hydrogens is 264 g/mol. The molecular formula is C16H12N4O. The van der Waals surface area contributed by atoms with Gasteiger partial charge in [0, 0.05) is 11.3 Å². The van der Waals surface area contributed by atoms with E-state index >= 15 is 0 Å². The van der Waals surface area contributed by atoms with E-state index in [0.29, 0.717) is 6.42 Å². The van der Waals surface area contributed by atoms with Crippen molar-refractivity contribution in [2.75, 3.05) is 5.32 Å². The van der Waals surface area contributed by atoms with Gasteiger partial charge in [0.2, 0.25) is 5.91 Å². The summed E-state index contributed by atoms with van der Waals surface area (Å²) in [4.78, 5) is 11.4. The zero-order valence-corrected chi connectivity index (χ0v) is 11.2. The van der Waals surface area contributed by atoms with Crippen LogP contribution in [-0.4, -0.2) is 20.9 Å². The molecule has 0 atom stereocenters. The van der Waals surface area contributed by atoms with E-state index in [4.69, 9.17) is 0 Å². The number of carbonyl (C=O) groups excluding carboxylic acids is 1. The lowest BCUT2D eigenvalue weighted by atomic mass is 10.1. The van der Waals surface area contributed by atoms with Crippen LogP contribution >= 0.6 is 0 Å². The van der Waals surface area contributed by atoms with Crippen molar-refractivity contribution in [3.05, 3.63) is 60.3 Å². The van der Waals surface area contributed by atoms with E-state index in [0.717, 1.165) is 28.2 Å². The topological polar surface area (TPSA) is 59.8 Å². The Hall–Kier alpha value is -2.95. The van der Waals surface area contributed by atoms with Crippen LogP contribution in [0.1, 0.15) is 5.56 Å². The molecule has 1 amide bonds. The number of aromatic nitrogens is 3. The second-order valence-corrected chi connectivity index (χ2v) is 4.98. The molecule has 5 heteroatoms. The summed E-state index contributed by atoms with van der Waals surface area (Å²) < 4.78 is 1.73. The Balaban J connectivity index is 1.71. The largest absolute Gasteiger partial charge is 0.326 e. The van der Waals surface area contributed by atoms with Gasteiger partial charge in [-0.2, -0.15) is 0 Å². The normalized spacial score (nSPS) is 13.0. The predicted octanol–water partition coefficient (Wildman–Crippen LogP) is 2.43. The van der Waals surface area contributed by atoms with Gasteiger partial charge in [0.05, 0.1) is 18.3 Å². The third-order valence-corrected chi connectivity index (χ3v) is 3.54. The molecule has 0 spiro atoms. The molecule has 21 heavy (non-hydrogen) atoms. The number of anilines is 1. The standard InChI is InChI=1S/C16H12N4O/c21-16-9-12-8-13(6-7-14(12)17-16)20-10-15(18-19-20)11-4-2-1-3-5-11/h1-8,10H,9H2,(H,17,21). The highest BCUT2D eigenvalue weighted by Gasteiger charge is 2.18. The fourth-order valence-corrected chi connectivity index (χ4v) is 2.49. The van der Waals surface area contributed by atoms with Gasteiger partial charge >= 0.3 is 0 Å². The molecule has 0 unspecified atom stereocenters. The average molecular weight is 276 g/mol. The van der Waals surface area contributed by atoms with E-state index in [9.17, 15) is 4.79 Å². The second kappa shape index (κ2) is 4.56. The Labute approximate surface area is 121 Å². The van der Waals surface area contributed by atoms with Crippen molar-refractivity contribution in [3.8, 4) is 16.9 Å².